The molecular weight excluding hydrogens is 275 g/mol. The minimum absolute atomic E-state index is 0.0520. The van der Waals surface area contributed by atoms with Gasteiger partial charge in [0.05, 0.1) is 6.04 Å². The van der Waals surface area contributed by atoms with Gasteiger partial charge in [0.25, 0.3) is 0 Å². The molecule has 0 saturated heterocycles. The van der Waals surface area contributed by atoms with Gasteiger partial charge in [0.2, 0.25) is 0 Å². The average molecular weight is 295 g/mol. The number of carbonyl (C=O) groups excluding carboxylic acids is 2. The van der Waals surface area contributed by atoms with E-state index in [0.717, 1.165) is 0 Å². The maximum Gasteiger partial charge on any atom is 0.422 e. The Morgan fingerprint density at radius 1 is 1.25 bits per heavy atom. The van der Waals surface area contributed by atoms with E-state index in [1.807, 2.05) is 13.8 Å². The summed E-state index contributed by atoms with van der Waals surface area (Å²) in [6, 6.07) is -0.455. The van der Waals surface area contributed by atoms with E-state index in [2.05, 4.69) is 11.3 Å². The molecule has 0 aromatic carbocycles. The fraction of sp³-hybridized carbons (Fsp3) is 0.692. The van der Waals surface area contributed by atoms with E-state index in [4.69, 9.17) is 0 Å². The maximum atomic E-state index is 12.0. The molecule has 0 saturated carbocycles. The summed E-state index contributed by atoms with van der Waals surface area (Å²) < 4.78 is 39.9. The molecule has 0 aliphatic heterocycles. The molecule has 1 amide bonds. The molecule has 1 atom stereocenters. The summed E-state index contributed by atoms with van der Waals surface area (Å²) in [5.74, 6) is -2.54. The molecule has 0 rings (SSSR count). The molecule has 0 unspecified atom stereocenters. The van der Waals surface area contributed by atoms with Crippen molar-refractivity contribution in [2.45, 2.75) is 39.9 Å². The van der Waals surface area contributed by atoms with Gasteiger partial charge in [-0.25, -0.2) is 4.79 Å². The topological polar surface area (TPSA) is 46.6 Å². The summed E-state index contributed by atoms with van der Waals surface area (Å²) in [6.07, 6.45) is -4.65. The Balaban J connectivity index is 4.86. The summed E-state index contributed by atoms with van der Waals surface area (Å²) >= 11 is 0. The van der Waals surface area contributed by atoms with Crippen LogP contribution in [0.5, 0.6) is 0 Å². The fourth-order valence-corrected chi connectivity index (χ4v) is 1.40. The second-order valence-corrected chi connectivity index (χ2v) is 5.06. The zero-order valence-corrected chi connectivity index (χ0v) is 12.1. The lowest BCUT2D eigenvalue weighted by atomic mass is 10.1. The van der Waals surface area contributed by atoms with Crippen LogP contribution in [0.1, 0.15) is 27.7 Å². The second kappa shape index (κ2) is 7.31. The highest BCUT2D eigenvalue weighted by atomic mass is 19.4. The van der Waals surface area contributed by atoms with E-state index < -0.39 is 30.7 Å². The molecular formula is C13H20F3NO3. The zero-order valence-electron chi connectivity index (χ0n) is 12.1. The number of halogens is 3. The van der Waals surface area contributed by atoms with E-state index in [0.29, 0.717) is 5.57 Å². The SMILES string of the molecule is C=C(C)[C@@H](C)N(CC(C)C)C(=O)C(=O)OCC(F)(F)F. The van der Waals surface area contributed by atoms with Crippen molar-refractivity contribution in [1.29, 1.82) is 0 Å². The first-order valence-corrected chi connectivity index (χ1v) is 6.15. The van der Waals surface area contributed by atoms with E-state index in [1.165, 1.54) is 4.90 Å². The van der Waals surface area contributed by atoms with Crippen LogP contribution in [-0.4, -0.2) is 42.1 Å². The highest BCUT2D eigenvalue weighted by Crippen LogP contribution is 2.16. The van der Waals surface area contributed by atoms with Crippen LogP contribution in [0.2, 0.25) is 0 Å². The number of rotatable bonds is 5. The molecule has 0 bridgehead atoms. The van der Waals surface area contributed by atoms with Crippen molar-refractivity contribution in [2.75, 3.05) is 13.2 Å². The number of hydrogen-bond acceptors (Lipinski definition) is 3. The molecule has 0 spiro atoms. The largest absolute Gasteiger partial charge is 0.449 e. The van der Waals surface area contributed by atoms with Gasteiger partial charge in [-0.15, -0.1) is 0 Å². The van der Waals surface area contributed by atoms with Crippen LogP contribution in [0.3, 0.4) is 0 Å². The van der Waals surface area contributed by atoms with Crippen molar-refractivity contribution in [3.05, 3.63) is 12.2 Å². The van der Waals surface area contributed by atoms with Crippen molar-refractivity contribution in [3.63, 3.8) is 0 Å². The predicted molar refractivity (Wildman–Crippen MR) is 67.8 cm³/mol. The molecule has 0 fully saturated rings. The first-order valence-electron chi connectivity index (χ1n) is 6.15. The molecule has 0 radical (unpaired) electrons. The van der Waals surface area contributed by atoms with Gasteiger partial charge in [-0.1, -0.05) is 26.0 Å². The van der Waals surface area contributed by atoms with Gasteiger partial charge < -0.3 is 9.64 Å². The van der Waals surface area contributed by atoms with E-state index in [9.17, 15) is 22.8 Å². The Morgan fingerprint density at radius 3 is 2.10 bits per heavy atom. The van der Waals surface area contributed by atoms with Crippen LogP contribution in [-0.2, 0) is 14.3 Å². The van der Waals surface area contributed by atoms with Gasteiger partial charge in [0, 0.05) is 6.54 Å². The quantitative estimate of drug-likeness (QED) is 0.445. The van der Waals surface area contributed by atoms with Crippen LogP contribution in [0.25, 0.3) is 0 Å². The highest BCUT2D eigenvalue weighted by molar-refractivity contribution is 6.32. The Hall–Kier alpha value is -1.53. The van der Waals surface area contributed by atoms with Gasteiger partial charge in [-0.2, -0.15) is 13.2 Å². The lowest BCUT2D eigenvalue weighted by molar-refractivity contribution is -0.189. The Kier molecular flexibility index (Phi) is 6.75. The molecule has 0 aromatic heterocycles. The maximum absolute atomic E-state index is 12.0. The molecule has 4 nitrogen and oxygen atoms in total. The normalized spacial score (nSPS) is 13.0. The molecule has 7 heteroatoms. The molecule has 20 heavy (non-hydrogen) atoms. The highest BCUT2D eigenvalue weighted by Gasteiger charge is 2.34. The summed E-state index contributed by atoms with van der Waals surface area (Å²) in [5, 5.41) is 0. The van der Waals surface area contributed by atoms with Crippen molar-refractivity contribution in [3.8, 4) is 0 Å². The van der Waals surface area contributed by atoms with Crippen LogP contribution in [0, 0.1) is 5.92 Å². The lowest BCUT2D eigenvalue weighted by Crippen LogP contribution is -2.46. The van der Waals surface area contributed by atoms with Gasteiger partial charge >= 0.3 is 18.1 Å². The predicted octanol–water partition coefficient (Wildman–Crippen LogP) is 2.54. The third-order valence-corrected chi connectivity index (χ3v) is 2.54. The first kappa shape index (κ1) is 18.5. The molecule has 0 N–H and O–H groups in total. The van der Waals surface area contributed by atoms with Crippen LogP contribution in [0.4, 0.5) is 13.2 Å². The number of nitrogens with zero attached hydrogens (tertiary/aromatic N) is 1. The smallest absolute Gasteiger partial charge is 0.422 e. The summed E-state index contributed by atoms with van der Waals surface area (Å²) in [4.78, 5) is 24.5. The molecule has 116 valence electrons. The summed E-state index contributed by atoms with van der Waals surface area (Å²) in [6.45, 7) is 9.12. The number of esters is 1. The number of ether oxygens (including phenoxy) is 1. The van der Waals surface area contributed by atoms with Gasteiger partial charge in [0.15, 0.2) is 6.61 Å². The minimum atomic E-state index is -4.65. The summed E-state index contributed by atoms with van der Waals surface area (Å²) in [5.41, 5.74) is 0.627. The minimum Gasteiger partial charge on any atom is -0.449 e. The molecule has 0 aliphatic carbocycles. The van der Waals surface area contributed by atoms with Crippen molar-refractivity contribution < 1.29 is 27.5 Å². The van der Waals surface area contributed by atoms with Gasteiger partial charge in [0.1, 0.15) is 0 Å². The van der Waals surface area contributed by atoms with Crippen LogP contribution >= 0.6 is 0 Å². The molecule has 0 aliphatic rings. The van der Waals surface area contributed by atoms with E-state index in [1.54, 1.807) is 13.8 Å². The fourth-order valence-electron chi connectivity index (χ4n) is 1.40. The number of alkyl halides is 3. The third kappa shape index (κ3) is 6.58. The third-order valence-electron chi connectivity index (χ3n) is 2.54. The Labute approximate surface area is 116 Å². The monoisotopic (exact) mass is 295 g/mol. The van der Waals surface area contributed by atoms with Crippen LogP contribution in [0.15, 0.2) is 12.2 Å². The lowest BCUT2D eigenvalue weighted by Gasteiger charge is -2.30. The Bertz CT molecular complexity index is 378. The number of hydrogen-bond donors (Lipinski definition) is 0. The van der Waals surface area contributed by atoms with Crippen LogP contribution < -0.4 is 0 Å². The van der Waals surface area contributed by atoms with E-state index in [-0.39, 0.29) is 12.5 Å². The van der Waals surface area contributed by atoms with E-state index >= 15 is 0 Å². The van der Waals surface area contributed by atoms with Crippen molar-refractivity contribution >= 4 is 11.9 Å². The van der Waals surface area contributed by atoms with Gasteiger partial charge in [-0.05, 0) is 19.8 Å². The molecule has 0 aromatic rings. The number of carbonyl (C=O) groups is 2. The molecule has 0 heterocycles. The van der Waals surface area contributed by atoms with Crippen molar-refractivity contribution in [1.82, 2.24) is 4.90 Å². The second-order valence-electron chi connectivity index (χ2n) is 5.06. The van der Waals surface area contributed by atoms with Crippen molar-refractivity contribution in [2.24, 2.45) is 5.92 Å². The number of amides is 1. The Morgan fingerprint density at radius 2 is 1.75 bits per heavy atom. The first-order chi connectivity index (χ1) is 8.95. The average Bonchev–Trinajstić information content (AvgIpc) is 2.29. The van der Waals surface area contributed by atoms with Gasteiger partial charge in [-0.3, -0.25) is 4.79 Å². The zero-order chi connectivity index (χ0) is 16.1. The summed E-state index contributed by atoms with van der Waals surface area (Å²) in [7, 11) is 0. The standard InChI is InChI=1S/C13H20F3NO3/c1-8(2)6-17(10(5)9(3)4)11(18)12(19)20-7-13(14,15)16/h8,10H,3,6-7H2,1-2,4-5H3/t10-/m1/s1.